The smallest absolute Gasteiger partial charge is 0.267 e. The monoisotopic (exact) mass is 441 g/mol. The van der Waals surface area contributed by atoms with Crippen LogP contribution in [0.25, 0.3) is 11.3 Å². The number of nitrogens with one attached hydrogen (secondary N) is 1. The maximum absolute atomic E-state index is 12.5. The van der Waals surface area contributed by atoms with E-state index in [0.717, 1.165) is 10.5 Å². The summed E-state index contributed by atoms with van der Waals surface area (Å²) >= 11 is 1.67. The number of aromatic nitrogens is 2. The van der Waals surface area contributed by atoms with Gasteiger partial charge in [0.05, 0.1) is 5.69 Å². The minimum absolute atomic E-state index is 0.154. The predicted molar refractivity (Wildman–Crippen MR) is 129 cm³/mol. The van der Waals surface area contributed by atoms with E-state index in [2.05, 4.69) is 42.5 Å². The van der Waals surface area contributed by atoms with Crippen LogP contribution in [0.5, 0.6) is 0 Å². The molecule has 5 nitrogen and oxygen atoms in total. The Kier molecular flexibility index (Phi) is 6.52. The Labute approximate surface area is 191 Å². The van der Waals surface area contributed by atoms with Crippen LogP contribution in [-0.2, 0) is 11.3 Å². The average Bonchev–Trinajstić information content (AvgIpc) is 2.80. The Bertz CT molecular complexity index is 1300. The molecule has 1 heterocycles. The fourth-order valence-corrected chi connectivity index (χ4v) is 4.10. The fourth-order valence-electron chi connectivity index (χ4n) is 3.18. The van der Waals surface area contributed by atoms with Gasteiger partial charge in [-0.15, -0.1) is 0 Å². The number of anilines is 1. The van der Waals surface area contributed by atoms with E-state index in [0.29, 0.717) is 11.4 Å². The molecule has 6 heteroatoms. The van der Waals surface area contributed by atoms with Gasteiger partial charge in [0.2, 0.25) is 5.91 Å². The second-order valence-corrected chi connectivity index (χ2v) is 8.65. The van der Waals surface area contributed by atoms with Gasteiger partial charge in [0.25, 0.3) is 5.56 Å². The number of carbonyl (C=O) groups excluding carboxylic acids is 1. The second kappa shape index (κ2) is 9.66. The third kappa shape index (κ3) is 5.34. The topological polar surface area (TPSA) is 64.0 Å². The maximum Gasteiger partial charge on any atom is 0.267 e. The van der Waals surface area contributed by atoms with E-state index in [1.807, 2.05) is 54.6 Å². The first-order valence-corrected chi connectivity index (χ1v) is 11.1. The molecule has 0 aliphatic carbocycles. The second-order valence-electron chi connectivity index (χ2n) is 7.50. The summed E-state index contributed by atoms with van der Waals surface area (Å²) in [6.07, 6.45) is 0. The van der Waals surface area contributed by atoms with Crippen molar-refractivity contribution in [1.82, 2.24) is 9.78 Å². The van der Waals surface area contributed by atoms with Gasteiger partial charge in [0, 0.05) is 27.1 Å². The summed E-state index contributed by atoms with van der Waals surface area (Å²) in [5.41, 5.74) is 4.42. The first kappa shape index (κ1) is 21.6. The molecule has 0 saturated heterocycles. The van der Waals surface area contributed by atoms with E-state index >= 15 is 0 Å². The third-order valence-electron chi connectivity index (χ3n) is 5.08. The molecule has 0 bridgehead atoms. The lowest BCUT2D eigenvalue weighted by Crippen LogP contribution is -2.29. The van der Waals surface area contributed by atoms with Crippen molar-refractivity contribution >= 4 is 23.4 Å². The first-order chi connectivity index (χ1) is 15.5. The van der Waals surface area contributed by atoms with E-state index < -0.39 is 0 Å². The molecular formula is C26H23N3O2S. The number of hydrogen-bond donors (Lipinski definition) is 1. The van der Waals surface area contributed by atoms with Crippen LogP contribution in [-0.4, -0.2) is 15.7 Å². The van der Waals surface area contributed by atoms with Gasteiger partial charge in [0.1, 0.15) is 6.54 Å². The summed E-state index contributed by atoms with van der Waals surface area (Å²) in [6.45, 7) is 4.05. The van der Waals surface area contributed by atoms with Gasteiger partial charge in [-0.3, -0.25) is 9.59 Å². The van der Waals surface area contributed by atoms with Crippen molar-refractivity contribution in [3.05, 3.63) is 106 Å². The van der Waals surface area contributed by atoms with E-state index in [1.54, 1.807) is 17.8 Å². The summed E-state index contributed by atoms with van der Waals surface area (Å²) in [6, 6.07) is 26.7. The fraction of sp³-hybridized carbons (Fsp3) is 0.115. The molecule has 0 atom stereocenters. The summed E-state index contributed by atoms with van der Waals surface area (Å²) in [4.78, 5) is 26.9. The molecule has 0 radical (unpaired) electrons. The summed E-state index contributed by atoms with van der Waals surface area (Å²) in [5.74, 6) is -0.306. The molecule has 4 aromatic rings. The lowest BCUT2D eigenvalue weighted by atomic mass is 10.1. The Hall–Kier alpha value is -3.64. The van der Waals surface area contributed by atoms with E-state index in [4.69, 9.17) is 0 Å². The Morgan fingerprint density at radius 3 is 2.31 bits per heavy atom. The van der Waals surface area contributed by atoms with E-state index in [9.17, 15) is 9.59 Å². The Morgan fingerprint density at radius 2 is 1.59 bits per heavy atom. The largest absolute Gasteiger partial charge is 0.324 e. The molecule has 0 aliphatic rings. The molecule has 4 rings (SSSR count). The number of benzene rings is 3. The van der Waals surface area contributed by atoms with Gasteiger partial charge in [-0.1, -0.05) is 48.2 Å². The molecule has 3 aromatic carbocycles. The summed E-state index contributed by atoms with van der Waals surface area (Å²) in [7, 11) is 0. The van der Waals surface area contributed by atoms with Crippen molar-refractivity contribution < 1.29 is 4.79 Å². The molecule has 0 saturated carbocycles. The van der Waals surface area contributed by atoms with Crippen molar-refractivity contribution in [3.63, 3.8) is 0 Å². The molecule has 0 fully saturated rings. The number of nitrogens with zero attached hydrogens (tertiary/aromatic N) is 2. The third-order valence-corrected chi connectivity index (χ3v) is 6.08. The standard InChI is InChI=1S/C26H23N3O2S/c1-18-8-11-23(16-19(18)2)32-22-12-9-21(10-13-22)27-25(30)17-29-26(31)15-14-24(28-29)20-6-4-3-5-7-20/h3-16H,17H2,1-2H3,(H,27,30). The van der Waals surface area contributed by atoms with Crippen molar-refractivity contribution in [2.24, 2.45) is 0 Å². The van der Waals surface area contributed by atoms with Crippen LogP contribution >= 0.6 is 11.8 Å². The summed E-state index contributed by atoms with van der Waals surface area (Å²) in [5, 5.41) is 7.17. The molecule has 160 valence electrons. The highest BCUT2D eigenvalue weighted by atomic mass is 32.2. The summed E-state index contributed by atoms with van der Waals surface area (Å²) < 4.78 is 1.18. The van der Waals surface area contributed by atoms with Gasteiger partial charge in [0.15, 0.2) is 0 Å². The van der Waals surface area contributed by atoms with Crippen LogP contribution in [0.1, 0.15) is 11.1 Å². The molecule has 1 N–H and O–H groups in total. The minimum Gasteiger partial charge on any atom is -0.324 e. The maximum atomic E-state index is 12.5. The zero-order valence-corrected chi connectivity index (χ0v) is 18.7. The van der Waals surface area contributed by atoms with Crippen LogP contribution in [0.3, 0.4) is 0 Å². The molecule has 1 aromatic heterocycles. The lowest BCUT2D eigenvalue weighted by Gasteiger charge is -2.09. The van der Waals surface area contributed by atoms with E-state index in [1.165, 1.54) is 26.8 Å². The number of rotatable bonds is 6. The molecule has 0 spiro atoms. The zero-order valence-electron chi connectivity index (χ0n) is 17.9. The molecule has 1 amide bonds. The number of amides is 1. The van der Waals surface area contributed by atoms with Gasteiger partial charge in [-0.25, -0.2) is 4.68 Å². The molecule has 32 heavy (non-hydrogen) atoms. The molecular weight excluding hydrogens is 418 g/mol. The first-order valence-electron chi connectivity index (χ1n) is 10.3. The normalized spacial score (nSPS) is 10.7. The highest BCUT2D eigenvalue weighted by Gasteiger charge is 2.09. The van der Waals surface area contributed by atoms with Crippen LogP contribution < -0.4 is 10.9 Å². The van der Waals surface area contributed by atoms with Crippen LogP contribution in [0.2, 0.25) is 0 Å². The van der Waals surface area contributed by atoms with Crippen molar-refractivity contribution in [2.75, 3.05) is 5.32 Å². The predicted octanol–water partition coefficient (Wildman–Crippen LogP) is 5.32. The average molecular weight is 442 g/mol. The van der Waals surface area contributed by atoms with Crippen molar-refractivity contribution in [3.8, 4) is 11.3 Å². The van der Waals surface area contributed by atoms with Crippen molar-refractivity contribution in [2.45, 2.75) is 30.2 Å². The van der Waals surface area contributed by atoms with Crippen LogP contribution in [0.4, 0.5) is 5.69 Å². The SMILES string of the molecule is Cc1ccc(Sc2ccc(NC(=O)Cn3nc(-c4ccccc4)ccc3=O)cc2)cc1C. The quantitative estimate of drug-likeness (QED) is 0.440. The van der Waals surface area contributed by atoms with Crippen LogP contribution in [0, 0.1) is 13.8 Å². The molecule has 0 unspecified atom stereocenters. The Balaban J connectivity index is 1.41. The molecule has 0 aliphatic heterocycles. The number of aryl methyl sites for hydroxylation is 2. The number of hydrogen-bond acceptors (Lipinski definition) is 4. The van der Waals surface area contributed by atoms with E-state index in [-0.39, 0.29) is 18.0 Å². The van der Waals surface area contributed by atoms with Crippen molar-refractivity contribution in [1.29, 1.82) is 0 Å². The van der Waals surface area contributed by atoms with Crippen LogP contribution in [0.15, 0.2) is 99.5 Å². The van der Waals surface area contributed by atoms with Gasteiger partial charge in [-0.2, -0.15) is 5.10 Å². The highest BCUT2D eigenvalue weighted by Crippen LogP contribution is 2.29. The highest BCUT2D eigenvalue weighted by molar-refractivity contribution is 7.99. The van der Waals surface area contributed by atoms with Gasteiger partial charge in [-0.05, 0) is 67.4 Å². The number of carbonyl (C=O) groups is 1. The Morgan fingerprint density at radius 1 is 0.875 bits per heavy atom. The van der Waals surface area contributed by atoms with Gasteiger partial charge < -0.3 is 5.32 Å². The zero-order chi connectivity index (χ0) is 22.5. The van der Waals surface area contributed by atoms with Gasteiger partial charge >= 0.3 is 0 Å². The minimum atomic E-state index is -0.319. The lowest BCUT2D eigenvalue weighted by molar-refractivity contribution is -0.117.